The highest BCUT2D eigenvalue weighted by Gasteiger charge is 2.05. The molecule has 0 aliphatic rings. The van der Waals surface area contributed by atoms with Gasteiger partial charge in [-0.3, -0.25) is 0 Å². The number of anilines is 1. The van der Waals surface area contributed by atoms with Crippen LogP contribution >= 0.6 is 12.2 Å². The van der Waals surface area contributed by atoms with Crippen LogP contribution in [0.3, 0.4) is 0 Å². The fourth-order valence-corrected chi connectivity index (χ4v) is 2.05. The molecule has 0 fully saturated rings. The molecular formula is C14H17N5OS. The molecule has 0 saturated heterocycles. The number of nitrogens with two attached hydrogens (primary N) is 1. The zero-order valence-electron chi connectivity index (χ0n) is 12.1. The standard InChI is InChI=1S/C14H17N5OS/c1-9-8-10(2)19(18-9)13(15)17-14(21)16-11-4-6-12(20-3)7-5-11/h4-8H,1-3H3,(H3,15,16,17,21). The lowest BCUT2D eigenvalue weighted by Crippen LogP contribution is -2.27. The second-order valence-electron chi connectivity index (χ2n) is 4.47. The number of aliphatic imine (C=N–C) groups is 1. The Morgan fingerprint density at radius 2 is 2.00 bits per heavy atom. The molecular weight excluding hydrogens is 286 g/mol. The van der Waals surface area contributed by atoms with Crippen LogP contribution in [0.5, 0.6) is 5.75 Å². The summed E-state index contributed by atoms with van der Waals surface area (Å²) in [7, 11) is 1.62. The molecule has 1 heterocycles. The van der Waals surface area contributed by atoms with E-state index < -0.39 is 0 Å². The Kier molecular flexibility index (Phi) is 4.54. The summed E-state index contributed by atoms with van der Waals surface area (Å²) < 4.78 is 6.65. The van der Waals surface area contributed by atoms with Gasteiger partial charge in [-0.05, 0) is 56.4 Å². The predicted molar refractivity (Wildman–Crippen MR) is 87.9 cm³/mol. The van der Waals surface area contributed by atoms with Crippen LogP contribution in [0.15, 0.2) is 35.3 Å². The molecule has 1 aromatic heterocycles. The van der Waals surface area contributed by atoms with Gasteiger partial charge in [0.1, 0.15) is 5.75 Å². The number of thiocarbonyl (C=S) groups is 1. The molecule has 6 nitrogen and oxygen atoms in total. The van der Waals surface area contributed by atoms with Gasteiger partial charge in [0.05, 0.1) is 12.8 Å². The Hall–Kier alpha value is -2.41. The molecule has 7 heteroatoms. The summed E-state index contributed by atoms with van der Waals surface area (Å²) >= 11 is 5.17. The molecule has 21 heavy (non-hydrogen) atoms. The van der Waals surface area contributed by atoms with E-state index in [1.165, 1.54) is 0 Å². The first-order chi connectivity index (χ1) is 9.99. The van der Waals surface area contributed by atoms with Gasteiger partial charge < -0.3 is 15.8 Å². The van der Waals surface area contributed by atoms with E-state index in [1.54, 1.807) is 11.8 Å². The van der Waals surface area contributed by atoms with Crippen molar-refractivity contribution in [3.05, 3.63) is 41.7 Å². The van der Waals surface area contributed by atoms with E-state index in [2.05, 4.69) is 15.4 Å². The van der Waals surface area contributed by atoms with Crippen LogP contribution in [0.25, 0.3) is 0 Å². The van der Waals surface area contributed by atoms with Crippen molar-refractivity contribution in [2.45, 2.75) is 13.8 Å². The van der Waals surface area contributed by atoms with Gasteiger partial charge in [0.15, 0.2) is 0 Å². The molecule has 2 rings (SSSR count). The number of aromatic nitrogens is 2. The first kappa shape index (κ1) is 15.0. The lowest BCUT2D eigenvalue weighted by molar-refractivity contribution is 0.415. The van der Waals surface area contributed by atoms with Crippen LogP contribution in [0.2, 0.25) is 0 Å². The van der Waals surface area contributed by atoms with Crippen LogP contribution in [-0.2, 0) is 0 Å². The quantitative estimate of drug-likeness (QED) is 0.504. The highest BCUT2D eigenvalue weighted by Crippen LogP contribution is 2.15. The van der Waals surface area contributed by atoms with E-state index in [0.29, 0.717) is 0 Å². The van der Waals surface area contributed by atoms with Crippen LogP contribution in [0, 0.1) is 13.8 Å². The summed E-state index contributed by atoms with van der Waals surface area (Å²) in [5.74, 6) is 1.00. The average Bonchev–Trinajstić information content (AvgIpc) is 2.78. The Balaban J connectivity index is 2.09. The summed E-state index contributed by atoms with van der Waals surface area (Å²) in [6.45, 7) is 3.80. The smallest absolute Gasteiger partial charge is 0.224 e. The Morgan fingerprint density at radius 1 is 1.33 bits per heavy atom. The second kappa shape index (κ2) is 6.36. The molecule has 2 aromatic rings. The van der Waals surface area contributed by atoms with Crippen molar-refractivity contribution in [2.24, 2.45) is 10.7 Å². The van der Waals surface area contributed by atoms with Crippen LogP contribution in [0.1, 0.15) is 11.4 Å². The minimum Gasteiger partial charge on any atom is -0.497 e. The van der Waals surface area contributed by atoms with E-state index >= 15 is 0 Å². The third kappa shape index (κ3) is 3.79. The maximum atomic E-state index is 5.91. The Labute approximate surface area is 128 Å². The highest BCUT2D eigenvalue weighted by atomic mass is 32.1. The van der Waals surface area contributed by atoms with E-state index in [1.807, 2.05) is 44.2 Å². The molecule has 0 amide bonds. The van der Waals surface area contributed by atoms with Crippen molar-refractivity contribution in [2.75, 3.05) is 12.4 Å². The van der Waals surface area contributed by atoms with Crippen molar-refractivity contribution in [3.63, 3.8) is 0 Å². The zero-order valence-corrected chi connectivity index (χ0v) is 12.9. The van der Waals surface area contributed by atoms with Crippen molar-refractivity contribution < 1.29 is 4.74 Å². The minimum atomic E-state index is 0.228. The number of aryl methyl sites for hydroxylation is 2. The summed E-state index contributed by atoms with van der Waals surface area (Å²) in [4.78, 5) is 4.14. The number of ether oxygens (including phenoxy) is 1. The molecule has 0 aliphatic heterocycles. The number of rotatable bonds is 2. The largest absolute Gasteiger partial charge is 0.497 e. The molecule has 0 atom stereocenters. The van der Waals surface area contributed by atoms with Gasteiger partial charge >= 0.3 is 0 Å². The van der Waals surface area contributed by atoms with Gasteiger partial charge in [0.2, 0.25) is 11.1 Å². The SMILES string of the molecule is COc1ccc(NC(=S)/N=C(\N)n2nc(C)cc2C)cc1. The number of hydrogen-bond acceptors (Lipinski definition) is 3. The monoisotopic (exact) mass is 303 g/mol. The highest BCUT2D eigenvalue weighted by molar-refractivity contribution is 7.80. The van der Waals surface area contributed by atoms with Crippen molar-refractivity contribution in [1.29, 1.82) is 0 Å². The molecule has 3 N–H and O–H groups in total. The topological polar surface area (TPSA) is 77.5 Å². The van der Waals surface area contributed by atoms with E-state index in [9.17, 15) is 0 Å². The third-order valence-corrected chi connectivity index (χ3v) is 2.98. The van der Waals surface area contributed by atoms with E-state index in [4.69, 9.17) is 22.7 Å². The number of hydrogen-bond donors (Lipinski definition) is 2. The fraction of sp³-hybridized carbons (Fsp3) is 0.214. The van der Waals surface area contributed by atoms with Gasteiger partial charge in [-0.1, -0.05) is 0 Å². The first-order valence-corrected chi connectivity index (χ1v) is 6.73. The maximum absolute atomic E-state index is 5.91. The molecule has 0 unspecified atom stereocenters. The van der Waals surface area contributed by atoms with Crippen molar-refractivity contribution in [1.82, 2.24) is 9.78 Å². The predicted octanol–water partition coefficient (Wildman–Crippen LogP) is 2.07. The Bertz CT molecular complexity index is 675. The zero-order chi connectivity index (χ0) is 15.4. The molecule has 0 spiro atoms. The summed E-state index contributed by atoms with van der Waals surface area (Å²) in [6.07, 6.45) is 0. The summed E-state index contributed by atoms with van der Waals surface area (Å²) in [6, 6.07) is 9.28. The third-order valence-electron chi connectivity index (χ3n) is 2.78. The Morgan fingerprint density at radius 3 is 2.52 bits per heavy atom. The lowest BCUT2D eigenvalue weighted by Gasteiger charge is -2.07. The first-order valence-electron chi connectivity index (χ1n) is 6.32. The van der Waals surface area contributed by atoms with Gasteiger partial charge in [-0.15, -0.1) is 0 Å². The number of nitrogens with zero attached hydrogens (tertiary/aromatic N) is 3. The molecule has 110 valence electrons. The van der Waals surface area contributed by atoms with Crippen molar-refractivity contribution in [3.8, 4) is 5.75 Å². The molecule has 0 aliphatic carbocycles. The van der Waals surface area contributed by atoms with Gasteiger partial charge in [-0.2, -0.15) is 10.1 Å². The van der Waals surface area contributed by atoms with E-state index in [0.717, 1.165) is 22.8 Å². The number of benzene rings is 1. The van der Waals surface area contributed by atoms with E-state index in [-0.39, 0.29) is 11.1 Å². The summed E-state index contributed by atoms with van der Waals surface area (Å²) in [5, 5.41) is 7.51. The molecule has 0 saturated carbocycles. The second-order valence-corrected chi connectivity index (χ2v) is 4.85. The molecule has 0 radical (unpaired) electrons. The normalized spacial score (nSPS) is 11.3. The minimum absolute atomic E-state index is 0.228. The lowest BCUT2D eigenvalue weighted by atomic mass is 10.3. The molecule has 0 bridgehead atoms. The number of nitrogens with one attached hydrogen (secondary N) is 1. The number of methoxy groups -OCH3 is 1. The van der Waals surface area contributed by atoms with Crippen LogP contribution < -0.4 is 15.8 Å². The fourth-order valence-electron chi connectivity index (χ4n) is 1.84. The van der Waals surface area contributed by atoms with Gasteiger partial charge in [0.25, 0.3) is 0 Å². The average molecular weight is 303 g/mol. The van der Waals surface area contributed by atoms with Crippen LogP contribution in [0.4, 0.5) is 5.69 Å². The van der Waals surface area contributed by atoms with Gasteiger partial charge in [0, 0.05) is 11.4 Å². The molecule has 1 aromatic carbocycles. The maximum Gasteiger partial charge on any atom is 0.224 e. The van der Waals surface area contributed by atoms with Crippen molar-refractivity contribution >= 4 is 29.0 Å². The van der Waals surface area contributed by atoms with Crippen LogP contribution in [-0.4, -0.2) is 28.0 Å². The van der Waals surface area contributed by atoms with Gasteiger partial charge in [-0.25, -0.2) is 4.68 Å². The summed E-state index contributed by atoms with van der Waals surface area (Å²) in [5.41, 5.74) is 8.50.